The highest BCUT2D eigenvalue weighted by Gasteiger charge is 2.21. The number of urea groups is 1. The Morgan fingerprint density at radius 2 is 1.88 bits per heavy atom. The van der Waals surface area contributed by atoms with E-state index in [1.54, 1.807) is 0 Å². The van der Waals surface area contributed by atoms with Gasteiger partial charge in [-0.05, 0) is 6.92 Å². The van der Waals surface area contributed by atoms with Gasteiger partial charge in [-0.15, -0.1) is 0 Å². The molecule has 17 heavy (non-hydrogen) atoms. The van der Waals surface area contributed by atoms with Crippen molar-refractivity contribution in [2.75, 3.05) is 13.7 Å². The van der Waals surface area contributed by atoms with E-state index in [1.165, 1.54) is 14.0 Å². The van der Waals surface area contributed by atoms with Crippen molar-refractivity contribution < 1.29 is 29.3 Å². The van der Waals surface area contributed by atoms with Crippen molar-refractivity contribution in [3.05, 3.63) is 0 Å². The number of esters is 1. The molecule has 0 saturated carbocycles. The van der Waals surface area contributed by atoms with Crippen LogP contribution in [0.4, 0.5) is 4.79 Å². The molecule has 98 valence electrons. The average Bonchev–Trinajstić information content (AvgIpc) is 2.26. The van der Waals surface area contributed by atoms with E-state index < -0.39 is 30.1 Å². The number of carboxylic acid groups (broad SMARTS) is 1. The third-order valence-corrected chi connectivity index (χ3v) is 1.92. The molecule has 0 aliphatic carbocycles. The van der Waals surface area contributed by atoms with Gasteiger partial charge in [-0.25, -0.2) is 14.4 Å². The summed E-state index contributed by atoms with van der Waals surface area (Å²) in [7, 11) is 1.17. The molecule has 0 rings (SSSR count). The molecule has 0 heterocycles. The van der Waals surface area contributed by atoms with E-state index in [2.05, 4.69) is 15.4 Å². The molecule has 1 unspecified atom stereocenters. The maximum Gasteiger partial charge on any atom is 0.328 e. The number of carbonyl (C=O) groups excluding carboxylic acids is 2. The maximum atomic E-state index is 11.3. The van der Waals surface area contributed by atoms with Crippen LogP contribution in [0.3, 0.4) is 0 Å². The minimum Gasteiger partial charge on any atom is -0.480 e. The number of amides is 2. The Bertz CT molecular complexity index is 293. The van der Waals surface area contributed by atoms with Crippen molar-refractivity contribution in [1.82, 2.24) is 10.6 Å². The largest absolute Gasteiger partial charge is 0.480 e. The third kappa shape index (κ3) is 5.71. The van der Waals surface area contributed by atoms with Gasteiger partial charge in [-0.2, -0.15) is 0 Å². The lowest BCUT2D eigenvalue weighted by molar-refractivity contribution is -0.142. The highest BCUT2D eigenvalue weighted by Crippen LogP contribution is 1.92. The van der Waals surface area contributed by atoms with Gasteiger partial charge < -0.3 is 25.6 Å². The van der Waals surface area contributed by atoms with Gasteiger partial charge in [0.05, 0.1) is 7.11 Å². The Morgan fingerprint density at radius 1 is 1.29 bits per heavy atom. The summed E-state index contributed by atoms with van der Waals surface area (Å²) in [6, 6.07) is -2.91. The molecule has 2 atom stereocenters. The van der Waals surface area contributed by atoms with Crippen molar-refractivity contribution >= 4 is 18.0 Å². The van der Waals surface area contributed by atoms with Gasteiger partial charge in [0, 0.05) is 13.0 Å². The van der Waals surface area contributed by atoms with Crippen LogP contribution in [-0.4, -0.2) is 54.0 Å². The molecule has 2 amide bonds. The number of rotatable bonds is 6. The van der Waals surface area contributed by atoms with Gasteiger partial charge in [-0.1, -0.05) is 0 Å². The van der Waals surface area contributed by atoms with Crippen LogP contribution in [0, 0.1) is 0 Å². The molecular weight excluding hydrogens is 232 g/mol. The lowest BCUT2D eigenvalue weighted by atomic mass is 10.2. The van der Waals surface area contributed by atoms with Crippen LogP contribution in [-0.2, 0) is 14.3 Å². The van der Waals surface area contributed by atoms with Crippen LogP contribution in [0.5, 0.6) is 0 Å². The second kappa shape index (κ2) is 7.44. The van der Waals surface area contributed by atoms with Crippen molar-refractivity contribution in [3.63, 3.8) is 0 Å². The van der Waals surface area contributed by atoms with Gasteiger partial charge in [0.15, 0.2) is 0 Å². The van der Waals surface area contributed by atoms with E-state index in [9.17, 15) is 14.4 Å². The zero-order valence-corrected chi connectivity index (χ0v) is 9.60. The normalized spacial score (nSPS) is 13.4. The fraction of sp³-hybridized carbons (Fsp3) is 0.667. The van der Waals surface area contributed by atoms with E-state index in [4.69, 9.17) is 10.2 Å². The molecule has 0 spiro atoms. The van der Waals surface area contributed by atoms with Gasteiger partial charge >= 0.3 is 18.0 Å². The van der Waals surface area contributed by atoms with E-state index in [1.807, 2.05) is 0 Å². The first-order chi connectivity index (χ1) is 7.92. The summed E-state index contributed by atoms with van der Waals surface area (Å²) in [4.78, 5) is 32.9. The summed E-state index contributed by atoms with van der Waals surface area (Å²) in [5, 5.41) is 21.6. The lowest BCUT2D eigenvalue weighted by Crippen LogP contribution is -2.50. The predicted octanol–water partition coefficient (Wildman–Crippen LogP) is -1.32. The van der Waals surface area contributed by atoms with Crippen LogP contribution >= 0.6 is 0 Å². The molecule has 0 fully saturated rings. The fourth-order valence-electron chi connectivity index (χ4n) is 1.02. The number of carbonyl (C=O) groups is 3. The number of hydrogen-bond acceptors (Lipinski definition) is 5. The maximum absolute atomic E-state index is 11.3. The SMILES string of the molecule is COC(=O)C(C)NC(=O)N[C@H](CCO)C(=O)O. The molecule has 0 aliphatic rings. The summed E-state index contributed by atoms with van der Waals surface area (Å²) < 4.78 is 4.38. The molecule has 8 heteroatoms. The molecule has 0 aromatic heterocycles. The first-order valence-corrected chi connectivity index (χ1v) is 4.90. The highest BCUT2D eigenvalue weighted by molar-refractivity contribution is 5.86. The number of hydrogen-bond donors (Lipinski definition) is 4. The molecule has 0 bridgehead atoms. The highest BCUT2D eigenvalue weighted by atomic mass is 16.5. The Labute approximate surface area is 97.9 Å². The van der Waals surface area contributed by atoms with Gasteiger partial charge in [0.2, 0.25) is 0 Å². The van der Waals surface area contributed by atoms with Crippen LogP contribution in [0.2, 0.25) is 0 Å². The molecule has 4 N–H and O–H groups in total. The summed E-state index contributed by atoms with van der Waals surface area (Å²) in [6.45, 7) is 1.02. The smallest absolute Gasteiger partial charge is 0.328 e. The minimum absolute atomic E-state index is 0.116. The molecule has 8 nitrogen and oxygen atoms in total. The number of ether oxygens (including phenoxy) is 1. The summed E-state index contributed by atoms with van der Waals surface area (Å²) in [5.41, 5.74) is 0. The Balaban J connectivity index is 4.23. The average molecular weight is 248 g/mol. The number of aliphatic hydroxyl groups is 1. The number of methoxy groups -OCH3 is 1. The number of carboxylic acids is 1. The topological polar surface area (TPSA) is 125 Å². The van der Waals surface area contributed by atoms with Crippen LogP contribution in [0.1, 0.15) is 13.3 Å². The minimum atomic E-state index is -1.26. The van der Waals surface area contributed by atoms with Crippen LogP contribution in [0.15, 0.2) is 0 Å². The molecule has 0 aromatic carbocycles. The Morgan fingerprint density at radius 3 is 2.29 bits per heavy atom. The Kier molecular flexibility index (Phi) is 6.64. The van der Waals surface area contributed by atoms with E-state index in [-0.39, 0.29) is 13.0 Å². The summed E-state index contributed by atoms with van der Waals surface area (Å²) in [5.74, 6) is -1.91. The molecule has 0 aromatic rings. The van der Waals surface area contributed by atoms with Crippen LogP contribution in [0.25, 0.3) is 0 Å². The van der Waals surface area contributed by atoms with Crippen molar-refractivity contribution in [2.45, 2.75) is 25.4 Å². The van der Waals surface area contributed by atoms with Crippen molar-refractivity contribution in [3.8, 4) is 0 Å². The zero-order valence-electron chi connectivity index (χ0n) is 9.60. The van der Waals surface area contributed by atoms with Gasteiger partial charge in [-0.3, -0.25) is 0 Å². The molecular formula is C9H16N2O6. The number of nitrogens with one attached hydrogen (secondary N) is 2. The molecule has 0 radical (unpaired) electrons. The predicted molar refractivity (Wildman–Crippen MR) is 56.3 cm³/mol. The lowest BCUT2D eigenvalue weighted by Gasteiger charge is -2.16. The second-order valence-corrected chi connectivity index (χ2v) is 3.27. The van der Waals surface area contributed by atoms with Crippen molar-refractivity contribution in [1.29, 1.82) is 0 Å². The van der Waals surface area contributed by atoms with E-state index >= 15 is 0 Å². The molecule has 0 aliphatic heterocycles. The quantitative estimate of drug-likeness (QED) is 0.432. The third-order valence-electron chi connectivity index (χ3n) is 1.92. The standard InChI is InChI=1S/C9H16N2O6/c1-5(8(15)17-2)10-9(16)11-6(3-4-12)7(13)14/h5-6,12H,3-4H2,1-2H3,(H,13,14)(H2,10,11,16)/t5?,6-/m1/s1. The molecule has 0 saturated heterocycles. The number of aliphatic hydroxyl groups excluding tert-OH is 1. The number of aliphatic carboxylic acids is 1. The van der Waals surface area contributed by atoms with Gasteiger partial charge in [0.25, 0.3) is 0 Å². The zero-order chi connectivity index (χ0) is 13.4. The van der Waals surface area contributed by atoms with Crippen LogP contribution < -0.4 is 10.6 Å². The van der Waals surface area contributed by atoms with Crippen molar-refractivity contribution in [2.24, 2.45) is 0 Å². The summed E-state index contributed by atoms with van der Waals surface area (Å²) >= 11 is 0. The van der Waals surface area contributed by atoms with E-state index in [0.29, 0.717) is 0 Å². The monoisotopic (exact) mass is 248 g/mol. The second-order valence-electron chi connectivity index (χ2n) is 3.27. The first-order valence-electron chi connectivity index (χ1n) is 4.90. The summed E-state index contributed by atoms with van der Waals surface area (Å²) in [6.07, 6.45) is -0.116. The first kappa shape index (κ1) is 15.2. The van der Waals surface area contributed by atoms with Gasteiger partial charge in [0.1, 0.15) is 12.1 Å². The Hall–Kier alpha value is -1.83. The fourth-order valence-corrected chi connectivity index (χ4v) is 1.02. The van der Waals surface area contributed by atoms with E-state index in [0.717, 1.165) is 0 Å².